The molecule has 0 aromatic rings. The number of piperidine rings is 1. The second-order valence-corrected chi connectivity index (χ2v) is 5.62. The summed E-state index contributed by atoms with van der Waals surface area (Å²) < 4.78 is 0. The molecule has 92 valence electrons. The summed E-state index contributed by atoms with van der Waals surface area (Å²) in [6.45, 7) is 7.83. The third-order valence-corrected chi connectivity index (χ3v) is 3.78. The van der Waals surface area contributed by atoms with Crippen LogP contribution >= 0.6 is 0 Å². The Balaban J connectivity index is 2.49. The second-order valence-electron chi connectivity index (χ2n) is 5.62. The summed E-state index contributed by atoms with van der Waals surface area (Å²) in [5, 5.41) is 9.17. The van der Waals surface area contributed by atoms with Gasteiger partial charge in [-0.2, -0.15) is 5.26 Å². The van der Waals surface area contributed by atoms with E-state index in [0.29, 0.717) is 0 Å². The van der Waals surface area contributed by atoms with Gasteiger partial charge in [0.2, 0.25) is 0 Å². The van der Waals surface area contributed by atoms with Gasteiger partial charge in [0.15, 0.2) is 0 Å². The van der Waals surface area contributed by atoms with E-state index in [2.05, 4.69) is 43.8 Å². The summed E-state index contributed by atoms with van der Waals surface area (Å²) in [7, 11) is 4.22. The van der Waals surface area contributed by atoms with Crippen LogP contribution in [-0.4, -0.2) is 49.1 Å². The predicted molar refractivity (Wildman–Crippen MR) is 67.2 cm³/mol. The first kappa shape index (κ1) is 13.5. The lowest BCUT2D eigenvalue weighted by Gasteiger charge is -2.45. The van der Waals surface area contributed by atoms with E-state index in [0.717, 1.165) is 26.1 Å². The van der Waals surface area contributed by atoms with E-state index in [1.54, 1.807) is 0 Å². The Labute approximate surface area is 100 Å². The number of nitrogens with zero attached hydrogens (tertiary/aromatic N) is 3. The molecule has 1 aliphatic rings. The summed E-state index contributed by atoms with van der Waals surface area (Å²) in [5.41, 5.74) is 0.0549. The Morgan fingerprint density at radius 2 is 2.12 bits per heavy atom. The van der Waals surface area contributed by atoms with Crippen molar-refractivity contribution in [1.82, 2.24) is 9.80 Å². The minimum Gasteiger partial charge on any atom is -0.309 e. The largest absolute Gasteiger partial charge is 0.309 e. The van der Waals surface area contributed by atoms with E-state index in [-0.39, 0.29) is 11.5 Å². The molecule has 1 heterocycles. The molecule has 1 unspecified atom stereocenters. The Morgan fingerprint density at radius 3 is 2.69 bits per heavy atom. The van der Waals surface area contributed by atoms with E-state index >= 15 is 0 Å². The van der Waals surface area contributed by atoms with E-state index in [9.17, 15) is 5.26 Å². The molecule has 0 aliphatic carbocycles. The summed E-state index contributed by atoms with van der Waals surface area (Å²) in [4.78, 5) is 4.71. The molecule has 0 amide bonds. The number of nitriles is 1. The Hall–Kier alpha value is -0.590. The molecule has 3 nitrogen and oxygen atoms in total. The fourth-order valence-electron chi connectivity index (χ4n) is 2.55. The van der Waals surface area contributed by atoms with Crippen LogP contribution in [0.1, 0.15) is 33.1 Å². The summed E-state index contributed by atoms with van der Waals surface area (Å²) >= 11 is 0. The summed E-state index contributed by atoms with van der Waals surface area (Å²) in [6.07, 6.45) is 3.42. The molecule has 1 aliphatic heterocycles. The number of hydrogen-bond acceptors (Lipinski definition) is 3. The smallest absolute Gasteiger partial charge is 0.0675 e. The standard InChI is InChI=1S/C13H25N3/c1-13(2)12(11-14)7-5-9-16(13)10-6-8-15(3)4/h12H,5-10H2,1-4H3. The lowest BCUT2D eigenvalue weighted by atomic mass is 9.80. The van der Waals surface area contributed by atoms with Crippen molar-refractivity contribution in [3.63, 3.8) is 0 Å². The molecule has 0 bridgehead atoms. The van der Waals surface area contributed by atoms with Gasteiger partial charge in [-0.1, -0.05) is 0 Å². The molecule has 3 heteroatoms. The van der Waals surface area contributed by atoms with Gasteiger partial charge >= 0.3 is 0 Å². The van der Waals surface area contributed by atoms with Gasteiger partial charge in [0.25, 0.3) is 0 Å². The van der Waals surface area contributed by atoms with Gasteiger partial charge in [-0.25, -0.2) is 0 Å². The van der Waals surface area contributed by atoms with E-state index in [4.69, 9.17) is 0 Å². The molecule has 0 N–H and O–H groups in total. The van der Waals surface area contributed by atoms with Crippen LogP contribution in [0.5, 0.6) is 0 Å². The van der Waals surface area contributed by atoms with Gasteiger partial charge in [-0.15, -0.1) is 0 Å². The lowest BCUT2D eigenvalue weighted by molar-refractivity contribution is 0.0429. The number of likely N-dealkylation sites (tertiary alicyclic amines) is 1. The van der Waals surface area contributed by atoms with Crippen molar-refractivity contribution in [3.05, 3.63) is 0 Å². The Morgan fingerprint density at radius 1 is 1.44 bits per heavy atom. The van der Waals surface area contributed by atoms with E-state index in [1.807, 2.05) is 0 Å². The molecule has 0 radical (unpaired) electrons. The first-order chi connectivity index (χ1) is 7.48. The van der Waals surface area contributed by atoms with E-state index < -0.39 is 0 Å². The molecule has 1 atom stereocenters. The maximum atomic E-state index is 9.17. The zero-order valence-electron chi connectivity index (χ0n) is 11.2. The Kier molecular flexibility index (Phi) is 4.76. The van der Waals surface area contributed by atoms with Gasteiger partial charge in [0.05, 0.1) is 12.0 Å². The van der Waals surface area contributed by atoms with Crippen molar-refractivity contribution < 1.29 is 0 Å². The highest BCUT2D eigenvalue weighted by Gasteiger charge is 2.38. The highest BCUT2D eigenvalue weighted by atomic mass is 15.2. The van der Waals surface area contributed by atoms with Crippen LogP contribution in [0.3, 0.4) is 0 Å². The minimum absolute atomic E-state index is 0.0549. The molecule has 0 aromatic carbocycles. The maximum Gasteiger partial charge on any atom is 0.0675 e. The van der Waals surface area contributed by atoms with Crippen molar-refractivity contribution in [2.24, 2.45) is 5.92 Å². The van der Waals surface area contributed by atoms with Crippen molar-refractivity contribution in [3.8, 4) is 6.07 Å². The third kappa shape index (κ3) is 3.20. The average Bonchev–Trinajstić information content (AvgIpc) is 2.19. The van der Waals surface area contributed by atoms with Crippen LogP contribution in [0.15, 0.2) is 0 Å². The average molecular weight is 223 g/mol. The molecule has 1 rings (SSSR count). The molecule has 1 saturated heterocycles. The number of hydrogen-bond donors (Lipinski definition) is 0. The minimum atomic E-state index is 0.0549. The third-order valence-electron chi connectivity index (χ3n) is 3.78. The van der Waals surface area contributed by atoms with Gasteiger partial charge in [-0.05, 0) is 66.8 Å². The van der Waals surface area contributed by atoms with Crippen LogP contribution in [0.2, 0.25) is 0 Å². The van der Waals surface area contributed by atoms with Gasteiger partial charge in [-0.3, -0.25) is 4.90 Å². The molecule has 0 spiro atoms. The van der Waals surface area contributed by atoms with Crippen LogP contribution in [0.25, 0.3) is 0 Å². The van der Waals surface area contributed by atoms with Crippen molar-refractivity contribution in [2.45, 2.75) is 38.6 Å². The van der Waals surface area contributed by atoms with Crippen molar-refractivity contribution >= 4 is 0 Å². The zero-order valence-corrected chi connectivity index (χ0v) is 11.2. The van der Waals surface area contributed by atoms with Crippen molar-refractivity contribution in [2.75, 3.05) is 33.7 Å². The van der Waals surface area contributed by atoms with Crippen LogP contribution < -0.4 is 0 Å². The summed E-state index contributed by atoms with van der Waals surface area (Å²) in [5.74, 6) is 0.195. The highest BCUT2D eigenvalue weighted by molar-refractivity contribution is 5.02. The first-order valence-electron chi connectivity index (χ1n) is 6.28. The zero-order chi connectivity index (χ0) is 12.2. The molecular formula is C13H25N3. The fraction of sp³-hybridized carbons (Fsp3) is 0.923. The summed E-state index contributed by atoms with van der Waals surface area (Å²) in [6, 6.07) is 2.47. The lowest BCUT2D eigenvalue weighted by Crippen LogP contribution is -2.53. The Bertz CT molecular complexity index is 252. The van der Waals surface area contributed by atoms with Crippen LogP contribution in [-0.2, 0) is 0 Å². The molecular weight excluding hydrogens is 198 g/mol. The number of rotatable bonds is 4. The van der Waals surface area contributed by atoms with Crippen LogP contribution in [0, 0.1) is 17.2 Å². The van der Waals surface area contributed by atoms with Crippen LogP contribution in [0.4, 0.5) is 0 Å². The van der Waals surface area contributed by atoms with Gasteiger partial charge in [0.1, 0.15) is 0 Å². The first-order valence-corrected chi connectivity index (χ1v) is 6.28. The molecule has 0 saturated carbocycles. The molecule has 1 fully saturated rings. The fourth-order valence-corrected chi connectivity index (χ4v) is 2.55. The highest BCUT2D eigenvalue weighted by Crippen LogP contribution is 2.32. The second kappa shape index (κ2) is 5.65. The van der Waals surface area contributed by atoms with E-state index in [1.165, 1.54) is 12.8 Å². The maximum absolute atomic E-state index is 9.17. The molecule has 0 aromatic heterocycles. The molecule has 16 heavy (non-hydrogen) atoms. The van der Waals surface area contributed by atoms with Crippen molar-refractivity contribution in [1.29, 1.82) is 5.26 Å². The van der Waals surface area contributed by atoms with Gasteiger partial charge < -0.3 is 4.90 Å². The predicted octanol–water partition coefficient (Wildman–Crippen LogP) is 1.95. The monoisotopic (exact) mass is 223 g/mol. The normalized spacial score (nSPS) is 25.6. The SMILES string of the molecule is CN(C)CCCN1CCCC(C#N)C1(C)C. The van der Waals surface area contributed by atoms with Gasteiger partial charge in [0, 0.05) is 5.54 Å². The topological polar surface area (TPSA) is 30.3 Å². The quantitative estimate of drug-likeness (QED) is 0.730.